The summed E-state index contributed by atoms with van der Waals surface area (Å²) in [4.78, 5) is 27.8. The molecule has 4 saturated heterocycles. The van der Waals surface area contributed by atoms with E-state index in [9.17, 15) is 13.6 Å². The second-order valence-corrected chi connectivity index (χ2v) is 13.5. The topological polar surface area (TPSA) is 61.8 Å². The van der Waals surface area contributed by atoms with Crippen molar-refractivity contribution in [1.29, 1.82) is 0 Å². The lowest BCUT2D eigenvalue weighted by Gasteiger charge is -2.47. The van der Waals surface area contributed by atoms with E-state index < -0.39 is 23.4 Å². The van der Waals surface area contributed by atoms with Gasteiger partial charge < -0.3 is 14.5 Å². The molecule has 1 unspecified atom stereocenters. The zero-order valence-corrected chi connectivity index (χ0v) is 26.4. The molecule has 3 aromatic carbocycles. The number of rotatable bonds is 6. The van der Waals surface area contributed by atoms with Crippen LogP contribution >= 0.6 is 23.2 Å². The van der Waals surface area contributed by atoms with E-state index in [2.05, 4.69) is 16.5 Å². The molecule has 0 N–H and O–H groups in total. The first kappa shape index (κ1) is 29.8. The Kier molecular flexibility index (Phi) is 7.12. The third-order valence-electron chi connectivity index (χ3n) is 10.4. The lowest BCUT2D eigenvalue weighted by atomic mass is 9.94. The number of benzene rings is 3. The fourth-order valence-corrected chi connectivity index (χ4v) is 8.71. The summed E-state index contributed by atoms with van der Waals surface area (Å²) in [5, 5.41) is 1.29. The van der Waals surface area contributed by atoms with Crippen LogP contribution in [0.2, 0.25) is 10.0 Å². The van der Waals surface area contributed by atoms with Gasteiger partial charge in [0, 0.05) is 29.4 Å². The molecule has 1 aromatic heterocycles. The molecule has 0 spiro atoms. The smallest absolute Gasteiger partial charge is 0.319 e. The maximum Gasteiger partial charge on any atom is 0.319 e. The quantitative estimate of drug-likeness (QED) is 0.201. The van der Waals surface area contributed by atoms with Crippen molar-refractivity contribution < 1.29 is 22.7 Å². The van der Waals surface area contributed by atoms with Crippen LogP contribution in [-0.4, -0.2) is 76.1 Å². The first-order valence-corrected chi connectivity index (χ1v) is 16.3. The van der Waals surface area contributed by atoms with Crippen molar-refractivity contribution in [3.63, 3.8) is 0 Å². The molecule has 4 fully saturated rings. The highest BCUT2D eigenvalue weighted by molar-refractivity contribution is 6.38. The van der Waals surface area contributed by atoms with Crippen LogP contribution in [0.4, 0.5) is 19.0 Å². The summed E-state index contributed by atoms with van der Waals surface area (Å²) in [5.41, 5.74) is 0.290. The summed E-state index contributed by atoms with van der Waals surface area (Å²) < 4.78 is 51.6. The van der Waals surface area contributed by atoms with Gasteiger partial charge in [-0.15, -0.1) is 0 Å². The number of fused-ring (bicyclic) bond motifs is 4. The Balaban J connectivity index is 1.25. The number of hydrogen-bond donors (Lipinski definition) is 0. The van der Waals surface area contributed by atoms with Crippen LogP contribution in [0.15, 0.2) is 48.8 Å². The summed E-state index contributed by atoms with van der Waals surface area (Å²) in [6.07, 6.45) is 4.79. The summed E-state index contributed by atoms with van der Waals surface area (Å²) in [5.74, 6) is -2.62. The molecular formula is C34H30Cl2F3N5O2. The second-order valence-electron chi connectivity index (χ2n) is 12.7. The van der Waals surface area contributed by atoms with Crippen LogP contribution in [0.25, 0.3) is 32.8 Å². The average molecular weight is 669 g/mol. The predicted octanol–water partition coefficient (Wildman–Crippen LogP) is 7.31. The molecule has 238 valence electrons. The van der Waals surface area contributed by atoms with Crippen molar-refractivity contribution in [2.75, 3.05) is 37.7 Å². The van der Waals surface area contributed by atoms with Gasteiger partial charge in [0.15, 0.2) is 11.6 Å². The molecule has 5 heterocycles. The van der Waals surface area contributed by atoms with Gasteiger partial charge in [0.1, 0.15) is 23.8 Å². The Labute approximate surface area is 273 Å². The van der Waals surface area contributed by atoms with Gasteiger partial charge >= 0.3 is 6.01 Å². The van der Waals surface area contributed by atoms with Gasteiger partial charge in [-0.2, -0.15) is 9.97 Å². The number of likely N-dealkylation sites (tertiary alicyclic amines) is 1. The molecule has 8 rings (SSSR count). The highest BCUT2D eigenvalue weighted by Gasteiger charge is 2.50. The summed E-state index contributed by atoms with van der Waals surface area (Å²) in [6, 6.07) is 9.28. The normalized spacial score (nSPS) is 21.9. The molecule has 2 atom stereocenters. The van der Waals surface area contributed by atoms with Crippen LogP contribution in [0.5, 0.6) is 6.01 Å². The lowest BCUT2D eigenvalue weighted by Crippen LogP contribution is -2.63. The van der Waals surface area contributed by atoms with Crippen molar-refractivity contribution in [2.45, 2.75) is 49.7 Å². The molecule has 7 nitrogen and oxygen atoms in total. The number of nitrogens with zero attached hydrogens (tertiary/aromatic N) is 5. The highest BCUT2D eigenvalue weighted by Crippen LogP contribution is 2.46. The predicted molar refractivity (Wildman–Crippen MR) is 172 cm³/mol. The van der Waals surface area contributed by atoms with E-state index in [1.54, 1.807) is 30.3 Å². The van der Waals surface area contributed by atoms with Gasteiger partial charge in [0.2, 0.25) is 0 Å². The molecule has 0 saturated carbocycles. The largest absolute Gasteiger partial charge is 0.461 e. The number of halogens is 5. The van der Waals surface area contributed by atoms with E-state index in [1.807, 2.05) is 4.90 Å². The van der Waals surface area contributed by atoms with Gasteiger partial charge in [-0.3, -0.25) is 9.69 Å². The SMILES string of the molecule is C=C(F)C(=O)N1CCC2[C@H]1CN2c1nc(OCC23CCCN2CCC3)nc2c(F)c(-c3cccc4ccc(F)c(Cl)c34)c(Cl)cc12. The Hall–Kier alpha value is -3.60. The molecular weight excluding hydrogens is 638 g/mol. The van der Waals surface area contributed by atoms with Crippen LogP contribution < -0.4 is 9.64 Å². The number of hydrogen-bond acceptors (Lipinski definition) is 6. The second kappa shape index (κ2) is 11.0. The number of aromatic nitrogens is 2. The minimum atomic E-state index is -0.996. The van der Waals surface area contributed by atoms with Crippen molar-refractivity contribution >= 4 is 56.6 Å². The fourth-order valence-electron chi connectivity index (χ4n) is 8.14. The molecule has 4 aliphatic heterocycles. The Morgan fingerprint density at radius 3 is 2.61 bits per heavy atom. The molecule has 12 heteroatoms. The van der Waals surface area contributed by atoms with Gasteiger partial charge in [-0.05, 0) is 68.3 Å². The standard InChI is InChI=1S/C34H30Cl2F3N5O2/c1-18(37)32(45)43-14-9-24-25(43)16-44(24)31-21-15-22(35)27(20-6-2-5-19-7-8-23(38)28(36)26(19)20)29(39)30(21)40-33(41-31)46-17-34-10-3-12-42(34)13-4-11-34/h2,5-8,15,24-25H,1,3-4,9-14,16-17H2/t24?,25-/m1/s1. The van der Waals surface area contributed by atoms with Gasteiger partial charge in [0.05, 0.1) is 27.7 Å². The van der Waals surface area contributed by atoms with Crippen molar-refractivity contribution in [3.05, 3.63) is 70.5 Å². The van der Waals surface area contributed by atoms with Crippen LogP contribution in [-0.2, 0) is 4.79 Å². The van der Waals surface area contributed by atoms with Gasteiger partial charge in [-0.25, -0.2) is 13.2 Å². The van der Waals surface area contributed by atoms with Crippen LogP contribution in [0, 0.1) is 11.6 Å². The number of carbonyl (C=O) groups is 1. The maximum atomic E-state index is 16.9. The van der Waals surface area contributed by atoms with E-state index in [0.29, 0.717) is 53.7 Å². The summed E-state index contributed by atoms with van der Waals surface area (Å²) in [6.45, 7) is 6.34. The van der Waals surface area contributed by atoms with E-state index in [4.69, 9.17) is 32.9 Å². The van der Waals surface area contributed by atoms with E-state index in [1.165, 1.54) is 11.0 Å². The van der Waals surface area contributed by atoms with E-state index in [-0.39, 0.29) is 44.8 Å². The molecule has 0 aliphatic carbocycles. The zero-order valence-electron chi connectivity index (χ0n) is 24.8. The van der Waals surface area contributed by atoms with E-state index in [0.717, 1.165) is 38.8 Å². The van der Waals surface area contributed by atoms with E-state index >= 15 is 4.39 Å². The third-order valence-corrected chi connectivity index (χ3v) is 11.1. The Morgan fingerprint density at radius 2 is 1.85 bits per heavy atom. The molecule has 4 aliphatic rings. The van der Waals surface area contributed by atoms with Crippen molar-refractivity contribution in [1.82, 2.24) is 19.8 Å². The molecule has 4 aromatic rings. The summed E-state index contributed by atoms with van der Waals surface area (Å²) in [7, 11) is 0. The lowest BCUT2D eigenvalue weighted by molar-refractivity contribution is -0.130. The van der Waals surface area contributed by atoms with Crippen molar-refractivity contribution in [3.8, 4) is 17.1 Å². The number of carbonyl (C=O) groups excluding carboxylic acids is 1. The van der Waals surface area contributed by atoms with Gasteiger partial charge in [-0.1, -0.05) is 54.0 Å². The Morgan fingerprint density at radius 1 is 1.07 bits per heavy atom. The fraction of sp³-hybridized carbons (Fsp3) is 0.382. The highest BCUT2D eigenvalue weighted by atomic mass is 35.5. The number of anilines is 1. The maximum absolute atomic E-state index is 16.9. The molecule has 46 heavy (non-hydrogen) atoms. The van der Waals surface area contributed by atoms with Crippen LogP contribution in [0.1, 0.15) is 32.1 Å². The third kappa shape index (κ3) is 4.47. The van der Waals surface area contributed by atoms with Crippen molar-refractivity contribution in [2.24, 2.45) is 0 Å². The first-order valence-electron chi connectivity index (χ1n) is 15.5. The Bertz CT molecular complexity index is 1950. The number of amides is 1. The van der Waals surface area contributed by atoms with Crippen LogP contribution in [0.3, 0.4) is 0 Å². The first-order chi connectivity index (χ1) is 22.2. The minimum absolute atomic E-state index is 0.00245. The molecule has 1 amide bonds. The number of ether oxygens (including phenoxy) is 1. The average Bonchev–Trinajstić information content (AvgIpc) is 3.70. The minimum Gasteiger partial charge on any atom is -0.461 e. The molecule has 0 radical (unpaired) electrons. The zero-order chi connectivity index (χ0) is 31.9. The van der Waals surface area contributed by atoms with Gasteiger partial charge in [0.25, 0.3) is 5.91 Å². The monoisotopic (exact) mass is 667 g/mol. The summed E-state index contributed by atoms with van der Waals surface area (Å²) >= 11 is 13.3. The molecule has 0 bridgehead atoms.